The van der Waals surface area contributed by atoms with Gasteiger partial charge in [0.1, 0.15) is 6.04 Å². The molecule has 1 aliphatic heterocycles. The van der Waals surface area contributed by atoms with E-state index in [0.717, 1.165) is 19.3 Å². The Bertz CT molecular complexity index is 246. The van der Waals surface area contributed by atoms with E-state index in [2.05, 4.69) is 22.9 Å². The van der Waals surface area contributed by atoms with Gasteiger partial charge in [-0.3, -0.25) is 14.9 Å². The van der Waals surface area contributed by atoms with E-state index in [-0.39, 0.29) is 30.4 Å². The van der Waals surface area contributed by atoms with Crippen molar-refractivity contribution in [1.29, 1.82) is 0 Å². The fourth-order valence-corrected chi connectivity index (χ4v) is 1.68. The van der Waals surface area contributed by atoms with Crippen LogP contribution in [0.15, 0.2) is 0 Å². The predicted octanol–water partition coefficient (Wildman–Crippen LogP) is -0.231. The fraction of sp³-hybridized carbons (Fsp3) is 0.818. The summed E-state index contributed by atoms with van der Waals surface area (Å²) in [6, 6.07) is -0.0892. The van der Waals surface area contributed by atoms with Crippen LogP contribution in [0, 0.1) is 0 Å². The summed E-state index contributed by atoms with van der Waals surface area (Å²) in [5, 5.41) is 8.52. The van der Waals surface area contributed by atoms with Crippen molar-refractivity contribution in [2.24, 2.45) is 0 Å². The Hall–Kier alpha value is -1.10. The zero-order chi connectivity index (χ0) is 12.0. The van der Waals surface area contributed by atoms with Crippen LogP contribution >= 0.6 is 0 Å². The van der Waals surface area contributed by atoms with Crippen LogP contribution in [0.4, 0.5) is 0 Å². The van der Waals surface area contributed by atoms with Gasteiger partial charge in [0.2, 0.25) is 11.8 Å². The molecular formula is C11H21N3O2. The first-order chi connectivity index (χ1) is 7.63. The SMILES string of the molecule is CCCCC(C)NC(=O)C1CNC(=O)CN1. The van der Waals surface area contributed by atoms with Crippen LogP contribution in [0.25, 0.3) is 0 Å². The van der Waals surface area contributed by atoms with Gasteiger partial charge in [-0.05, 0) is 13.3 Å². The van der Waals surface area contributed by atoms with Gasteiger partial charge in [-0.1, -0.05) is 19.8 Å². The van der Waals surface area contributed by atoms with E-state index in [1.54, 1.807) is 0 Å². The maximum Gasteiger partial charge on any atom is 0.239 e. The lowest BCUT2D eigenvalue weighted by atomic mass is 10.1. The number of carbonyl (C=O) groups excluding carboxylic acids is 2. The minimum atomic E-state index is -0.290. The standard InChI is InChI=1S/C11H21N3O2/c1-3-4-5-8(2)14-11(16)9-6-13-10(15)7-12-9/h8-9,12H,3-7H2,1-2H3,(H,13,15)(H,14,16). The maximum atomic E-state index is 11.8. The molecule has 0 bridgehead atoms. The quantitative estimate of drug-likeness (QED) is 0.607. The lowest BCUT2D eigenvalue weighted by Crippen LogP contribution is -2.58. The largest absolute Gasteiger partial charge is 0.353 e. The second-order valence-electron chi connectivity index (χ2n) is 4.29. The van der Waals surface area contributed by atoms with E-state index < -0.39 is 0 Å². The van der Waals surface area contributed by atoms with Crippen molar-refractivity contribution < 1.29 is 9.59 Å². The monoisotopic (exact) mass is 227 g/mol. The lowest BCUT2D eigenvalue weighted by Gasteiger charge is -2.24. The van der Waals surface area contributed by atoms with Crippen molar-refractivity contribution in [3.8, 4) is 0 Å². The highest BCUT2D eigenvalue weighted by Gasteiger charge is 2.24. The topological polar surface area (TPSA) is 70.2 Å². The van der Waals surface area contributed by atoms with Crippen molar-refractivity contribution >= 4 is 11.8 Å². The number of nitrogens with one attached hydrogen (secondary N) is 3. The van der Waals surface area contributed by atoms with Gasteiger partial charge in [0.25, 0.3) is 0 Å². The third-order valence-corrected chi connectivity index (χ3v) is 2.71. The molecule has 5 heteroatoms. The van der Waals surface area contributed by atoms with Gasteiger partial charge in [-0.15, -0.1) is 0 Å². The van der Waals surface area contributed by atoms with Gasteiger partial charge >= 0.3 is 0 Å². The summed E-state index contributed by atoms with van der Waals surface area (Å²) in [6.45, 7) is 4.74. The molecule has 1 saturated heterocycles. The molecule has 0 radical (unpaired) electrons. The average Bonchev–Trinajstić information content (AvgIpc) is 2.27. The van der Waals surface area contributed by atoms with Crippen molar-refractivity contribution in [3.63, 3.8) is 0 Å². The van der Waals surface area contributed by atoms with E-state index in [0.29, 0.717) is 6.54 Å². The summed E-state index contributed by atoms with van der Waals surface area (Å²) in [5.74, 6) is -0.0771. The number of piperazine rings is 1. The number of amides is 2. The van der Waals surface area contributed by atoms with E-state index in [1.807, 2.05) is 6.92 Å². The van der Waals surface area contributed by atoms with Gasteiger partial charge in [0.05, 0.1) is 6.54 Å². The third kappa shape index (κ3) is 4.18. The highest BCUT2D eigenvalue weighted by Crippen LogP contribution is 2.00. The normalized spacial score (nSPS) is 22.4. The predicted molar refractivity (Wildman–Crippen MR) is 61.9 cm³/mol. The Morgan fingerprint density at radius 1 is 1.62 bits per heavy atom. The summed E-state index contributed by atoms with van der Waals surface area (Å²) in [5.41, 5.74) is 0. The first kappa shape index (κ1) is 13.0. The molecule has 2 atom stereocenters. The van der Waals surface area contributed by atoms with Gasteiger partial charge < -0.3 is 10.6 Å². The first-order valence-electron chi connectivity index (χ1n) is 5.94. The number of hydrogen-bond donors (Lipinski definition) is 3. The number of carbonyl (C=O) groups is 2. The second kappa shape index (κ2) is 6.48. The summed E-state index contributed by atoms with van der Waals surface area (Å²) >= 11 is 0. The van der Waals surface area contributed by atoms with Gasteiger partial charge in [-0.2, -0.15) is 0 Å². The summed E-state index contributed by atoms with van der Waals surface area (Å²) in [7, 11) is 0. The van der Waals surface area contributed by atoms with Crippen LogP contribution in [-0.2, 0) is 9.59 Å². The Balaban J connectivity index is 2.26. The highest BCUT2D eigenvalue weighted by molar-refractivity contribution is 5.86. The lowest BCUT2D eigenvalue weighted by molar-refractivity contribution is -0.127. The molecule has 1 aliphatic rings. The van der Waals surface area contributed by atoms with E-state index in [9.17, 15) is 9.59 Å². The van der Waals surface area contributed by atoms with Crippen LogP contribution in [0.2, 0.25) is 0 Å². The second-order valence-corrected chi connectivity index (χ2v) is 4.29. The number of unbranched alkanes of at least 4 members (excludes halogenated alkanes) is 1. The molecule has 0 aliphatic carbocycles. The fourth-order valence-electron chi connectivity index (χ4n) is 1.68. The molecular weight excluding hydrogens is 206 g/mol. The number of hydrogen-bond acceptors (Lipinski definition) is 3. The third-order valence-electron chi connectivity index (χ3n) is 2.71. The van der Waals surface area contributed by atoms with Crippen LogP contribution in [-0.4, -0.2) is 37.0 Å². The molecule has 2 unspecified atom stereocenters. The number of rotatable bonds is 5. The average molecular weight is 227 g/mol. The minimum absolute atomic E-state index is 0.0244. The van der Waals surface area contributed by atoms with Crippen molar-refractivity contribution in [1.82, 2.24) is 16.0 Å². The molecule has 0 aromatic heterocycles. The van der Waals surface area contributed by atoms with Crippen molar-refractivity contribution in [2.75, 3.05) is 13.1 Å². The zero-order valence-electron chi connectivity index (χ0n) is 10.0. The highest BCUT2D eigenvalue weighted by atomic mass is 16.2. The molecule has 0 aromatic carbocycles. The smallest absolute Gasteiger partial charge is 0.239 e. The van der Waals surface area contributed by atoms with Gasteiger partial charge in [-0.25, -0.2) is 0 Å². The molecule has 1 rings (SSSR count). The molecule has 92 valence electrons. The van der Waals surface area contributed by atoms with Crippen molar-refractivity contribution in [2.45, 2.75) is 45.2 Å². The van der Waals surface area contributed by atoms with Crippen LogP contribution in [0.5, 0.6) is 0 Å². The summed E-state index contributed by atoms with van der Waals surface area (Å²) < 4.78 is 0. The van der Waals surface area contributed by atoms with Gasteiger partial charge in [0.15, 0.2) is 0 Å². The Morgan fingerprint density at radius 2 is 2.38 bits per heavy atom. The van der Waals surface area contributed by atoms with Crippen molar-refractivity contribution in [3.05, 3.63) is 0 Å². The Kier molecular flexibility index (Phi) is 5.25. The van der Waals surface area contributed by atoms with Crippen LogP contribution in [0.3, 0.4) is 0 Å². The molecule has 0 spiro atoms. The van der Waals surface area contributed by atoms with E-state index in [1.165, 1.54) is 0 Å². The minimum Gasteiger partial charge on any atom is -0.353 e. The molecule has 2 amide bonds. The van der Waals surface area contributed by atoms with Crippen LogP contribution < -0.4 is 16.0 Å². The molecule has 1 fully saturated rings. The molecule has 1 heterocycles. The van der Waals surface area contributed by atoms with E-state index >= 15 is 0 Å². The molecule has 16 heavy (non-hydrogen) atoms. The maximum absolute atomic E-state index is 11.8. The first-order valence-corrected chi connectivity index (χ1v) is 5.94. The molecule has 0 aromatic rings. The zero-order valence-corrected chi connectivity index (χ0v) is 10.0. The Labute approximate surface area is 96.4 Å². The summed E-state index contributed by atoms with van der Waals surface area (Å²) in [6.07, 6.45) is 3.26. The van der Waals surface area contributed by atoms with Gasteiger partial charge in [0, 0.05) is 12.6 Å². The molecule has 3 N–H and O–H groups in total. The van der Waals surface area contributed by atoms with E-state index in [4.69, 9.17) is 0 Å². The van der Waals surface area contributed by atoms with Crippen LogP contribution in [0.1, 0.15) is 33.1 Å². The molecule has 5 nitrogen and oxygen atoms in total. The molecule has 0 saturated carbocycles. The summed E-state index contributed by atoms with van der Waals surface area (Å²) in [4.78, 5) is 22.6. The Morgan fingerprint density at radius 3 is 2.94 bits per heavy atom.